The second-order valence-corrected chi connectivity index (χ2v) is 4.70. The summed E-state index contributed by atoms with van der Waals surface area (Å²) in [5, 5.41) is 4.13. The lowest BCUT2D eigenvalue weighted by molar-refractivity contribution is 0.215. The number of nitrogens with one attached hydrogen (secondary N) is 1. The van der Waals surface area contributed by atoms with Crippen LogP contribution in [-0.4, -0.2) is 12.6 Å². The van der Waals surface area contributed by atoms with E-state index < -0.39 is 0 Å². The van der Waals surface area contributed by atoms with Crippen LogP contribution in [0.1, 0.15) is 39.2 Å². The Kier molecular flexibility index (Phi) is 6.38. The van der Waals surface area contributed by atoms with Gasteiger partial charge in [-0.1, -0.05) is 25.4 Å². The third-order valence-electron chi connectivity index (χ3n) is 2.67. The molecule has 1 atom stereocenters. The minimum absolute atomic E-state index is 0.237. The Labute approximate surface area is 109 Å². The Bertz CT molecular complexity index is 341. The molecular formula is C14H22ClNO. The zero-order chi connectivity index (χ0) is 12.7. The summed E-state index contributed by atoms with van der Waals surface area (Å²) in [5.74, 6) is 0.937. The Hall–Kier alpha value is -0.730. The monoisotopic (exact) mass is 255 g/mol. The van der Waals surface area contributed by atoms with E-state index in [1.807, 2.05) is 18.2 Å². The van der Waals surface area contributed by atoms with Crippen LogP contribution in [0.25, 0.3) is 0 Å². The molecule has 0 heterocycles. The highest BCUT2D eigenvalue weighted by Crippen LogP contribution is 2.24. The lowest BCUT2D eigenvalue weighted by Gasteiger charge is -2.16. The Balaban J connectivity index is 2.72. The number of hydrogen-bond donors (Lipinski definition) is 1. The summed E-state index contributed by atoms with van der Waals surface area (Å²) < 4.78 is 5.88. The second kappa shape index (κ2) is 7.57. The zero-order valence-corrected chi connectivity index (χ0v) is 11.7. The Morgan fingerprint density at radius 3 is 2.76 bits per heavy atom. The molecule has 1 aromatic rings. The molecule has 96 valence electrons. The fourth-order valence-electron chi connectivity index (χ4n) is 1.50. The number of benzene rings is 1. The predicted molar refractivity (Wildman–Crippen MR) is 73.8 cm³/mol. The molecule has 0 bridgehead atoms. The minimum Gasteiger partial charge on any atom is -0.490 e. The molecule has 0 amide bonds. The van der Waals surface area contributed by atoms with Crippen molar-refractivity contribution >= 4 is 11.6 Å². The molecule has 0 saturated heterocycles. The first kappa shape index (κ1) is 14.3. The second-order valence-electron chi connectivity index (χ2n) is 4.27. The van der Waals surface area contributed by atoms with Gasteiger partial charge in [0, 0.05) is 17.1 Å². The first-order chi connectivity index (χ1) is 8.17. The molecule has 3 heteroatoms. The summed E-state index contributed by atoms with van der Waals surface area (Å²) in [7, 11) is 0. The van der Waals surface area contributed by atoms with Gasteiger partial charge in [-0.05, 0) is 44.5 Å². The van der Waals surface area contributed by atoms with Gasteiger partial charge >= 0.3 is 0 Å². The minimum atomic E-state index is 0.237. The van der Waals surface area contributed by atoms with Crippen LogP contribution in [0.4, 0.5) is 0 Å². The summed E-state index contributed by atoms with van der Waals surface area (Å²) in [4.78, 5) is 0. The molecule has 0 fully saturated rings. The summed E-state index contributed by atoms with van der Waals surface area (Å²) in [6.45, 7) is 8.17. The van der Waals surface area contributed by atoms with E-state index in [1.54, 1.807) is 0 Å². The number of rotatable bonds is 7. The van der Waals surface area contributed by atoms with Gasteiger partial charge in [-0.2, -0.15) is 0 Å². The highest BCUT2D eigenvalue weighted by atomic mass is 35.5. The fourth-order valence-corrected chi connectivity index (χ4v) is 1.70. The van der Waals surface area contributed by atoms with Crippen LogP contribution in [0.3, 0.4) is 0 Å². The third kappa shape index (κ3) is 4.97. The molecule has 0 aliphatic rings. The molecule has 2 nitrogen and oxygen atoms in total. The summed E-state index contributed by atoms with van der Waals surface area (Å²) in [6.07, 6.45) is 2.37. The average molecular weight is 256 g/mol. The van der Waals surface area contributed by atoms with Crippen LogP contribution in [0.2, 0.25) is 5.02 Å². The first-order valence-electron chi connectivity index (χ1n) is 6.33. The van der Waals surface area contributed by atoms with Crippen LogP contribution in [0.15, 0.2) is 18.2 Å². The van der Waals surface area contributed by atoms with E-state index in [4.69, 9.17) is 16.3 Å². The van der Waals surface area contributed by atoms with E-state index in [9.17, 15) is 0 Å². The quantitative estimate of drug-likeness (QED) is 0.743. The van der Waals surface area contributed by atoms with Gasteiger partial charge < -0.3 is 10.1 Å². The molecule has 17 heavy (non-hydrogen) atoms. The van der Waals surface area contributed by atoms with E-state index in [0.29, 0.717) is 0 Å². The molecule has 0 aliphatic carbocycles. The van der Waals surface area contributed by atoms with Gasteiger partial charge in [0.05, 0.1) is 6.10 Å². The SMILES string of the molecule is CCCNCc1cc(Cl)ccc1OC(C)CC. The number of hydrogen-bond acceptors (Lipinski definition) is 2. The van der Waals surface area contributed by atoms with Gasteiger partial charge in [0.1, 0.15) is 5.75 Å². The maximum absolute atomic E-state index is 6.02. The Morgan fingerprint density at radius 1 is 1.35 bits per heavy atom. The van der Waals surface area contributed by atoms with E-state index in [0.717, 1.165) is 42.3 Å². The van der Waals surface area contributed by atoms with Gasteiger partial charge in [-0.25, -0.2) is 0 Å². The topological polar surface area (TPSA) is 21.3 Å². The van der Waals surface area contributed by atoms with Crippen molar-refractivity contribution in [3.8, 4) is 5.75 Å². The molecule has 1 rings (SSSR count). The lowest BCUT2D eigenvalue weighted by Crippen LogP contribution is -2.16. The van der Waals surface area contributed by atoms with Gasteiger partial charge in [-0.15, -0.1) is 0 Å². The lowest BCUT2D eigenvalue weighted by atomic mass is 10.2. The maximum atomic E-state index is 6.02. The van der Waals surface area contributed by atoms with Crippen LogP contribution in [0, 0.1) is 0 Å². The van der Waals surface area contributed by atoms with Crippen LogP contribution in [0.5, 0.6) is 5.75 Å². The van der Waals surface area contributed by atoms with E-state index >= 15 is 0 Å². The van der Waals surface area contributed by atoms with Gasteiger partial charge in [0.2, 0.25) is 0 Å². The summed E-state index contributed by atoms with van der Waals surface area (Å²) in [5.41, 5.74) is 1.13. The smallest absolute Gasteiger partial charge is 0.124 e. The molecule has 0 aliphatic heterocycles. The molecular weight excluding hydrogens is 234 g/mol. The van der Waals surface area contributed by atoms with Crippen molar-refractivity contribution in [1.82, 2.24) is 5.32 Å². The normalized spacial score (nSPS) is 12.5. The van der Waals surface area contributed by atoms with Crippen molar-refractivity contribution in [1.29, 1.82) is 0 Å². The van der Waals surface area contributed by atoms with Crippen molar-refractivity contribution in [2.24, 2.45) is 0 Å². The van der Waals surface area contributed by atoms with Gasteiger partial charge in [0.25, 0.3) is 0 Å². The van der Waals surface area contributed by atoms with Gasteiger partial charge in [-0.3, -0.25) is 0 Å². The van der Waals surface area contributed by atoms with Crippen LogP contribution < -0.4 is 10.1 Å². The van der Waals surface area contributed by atoms with Crippen molar-refractivity contribution in [2.45, 2.75) is 46.3 Å². The number of halogens is 1. The molecule has 0 aromatic heterocycles. The van der Waals surface area contributed by atoms with E-state index in [2.05, 4.69) is 26.1 Å². The predicted octanol–water partition coefficient (Wildman–Crippen LogP) is 4.02. The molecule has 1 unspecified atom stereocenters. The molecule has 0 spiro atoms. The largest absolute Gasteiger partial charge is 0.490 e. The van der Waals surface area contributed by atoms with Crippen molar-refractivity contribution in [3.05, 3.63) is 28.8 Å². The van der Waals surface area contributed by atoms with E-state index in [-0.39, 0.29) is 6.10 Å². The highest BCUT2D eigenvalue weighted by Gasteiger charge is 2.07. The third-order valence-corrected chi connectivity index (χ3v) is 2.90. The van der Waals surface area contributed by atoms with Crippen molar-refractivity contribution in [2.75, 3.05) is 6.54 Å². The number of ether oxygens (including phenoxy) is 1. The van der Waals surface area contributed by atoms with Crippen LogP contribution in [-0.2, 0) is 6.54 Å². The summed E-state index contributed by atoms with van der Waals surface area (Å²) in [6, 6.07) is 5.81. The summed E-state index contributed by atoms with van der Waals surface area (Å²) >= 11 is 6.02. The maximum Gasteiger partial charge on any atom is 0.124 e. The standard InChI is InChI=1S/C14H22ClNO/c1-4-8-16-10-12-9-13(15)6-7-14(12)17-11(3)5-2/h6-7,9,11,16H,4-5,8,10H2,1-3H3. The molecule has 1 N–H and O–H groups in total. The zero-order valence-electron chi connectivity index (χ0n) is 10.9. The molecule has 0 saturated carbocycles. The molecule has 1 aromatic carbocycles. The van der Waals surface area contributed by atoms with Crippen LogP contribution >= 0.6 is 11.6 Å². The van der Waals surface area contributed by atoms with Crippen molar-refractivity contribution in [3.63, 3.8) is 0 Å². The Morgan fingerprint density at radius 2 is 2.12 bits per heavy atom. The first-order valence-corrected chi connectivity index (χ1v) is 6.71. The van der Waals surface area contributed by atoms with E-state index in [1.165, 1.54) is 0 Å². The fraction of sp³-hybridized carbons (Fsp3) is 0.571. The molecule has 0 radical (unpaired) electrons. The van der Waals surface area contributed by atoms with Crippen molar-refractivity contribution < 1.29 is 4.74 Å². The average Bonchev–Trinajstić information content (AvgIpc) is 2.32. The van der Waals surface area contributed by atoms with Gasteiger partial charge in [0.15, 0.2) is 0 Å². The highest BCUT2D eigenvalue weighted by molar-refractivity contribution is 6.30.